The highest BCUT2D eigenvalue weighted by Crippen LogP contribution is 2.37. The lowest BCUT2D eigenvalue weighted by molar-refractivity contribution is -0.120. The third-order valence-corrected chi connectivity index (χ3v) is 6.30. The summed E-state index contributed by atoms with van der Waals surface area (Å²) in [5.74, 6) is -1.94. The molecule has 0 bridgehead atoms. The first-order valence-electron chi connectivity index (χ1n) is 10.2. The van der Waals surface area contributed by atoms with E-state index < -0.39 is 11.8 Å². The van der Waals surface area contributed by atoms with Crippen LogP contribution >= 0.6 is 34.8 Å². The van der Waals surface area contributed by atoms with Gasteiger partial charge < -0.3 is 10.6 Å². The van der Waals surface area contributed by atoms with Crippen molar-refractivity contribution < 1.29 is 19.2 Å². The van der Waals surface area contributed by atoms with Crippen molar-refractivity contribution in [1.82, 2.24) is 0 Å². The van der Waals surface area contributed by atoms with Gasteiger partial charge >= 0.3 is 0 Å². The molecule has 4 rings (SSSR count). The lowest BCUT2D eigenvalue weighted by atomic mass is 10.1. The SMILES string of the molecule is CC(=O)c1cccc(NC(=O)c2ccc(NC3=C(Cl)C(=O)N(c4cccc(Cl)c4Cl)C3=O)cc2)c1. The van der Waals surface area contributed by atoms with Crippen LogP contribution in [0.2, 0.25) is 10.0 Å². The van der Waals surface area contributed by atoms with Gasteiger partial charge in [-0.25, -0.2) is 4.90 Å². The third-order valence-electron chi connectivity index (χ3n) is 5.14. The molecule has 0 radical (unpaired) electrons. The summed E-state index contributed by atoms with van der Waals surface area (Å²) in [4.78, 5) is 50.6. The maximum absolute atomic E-state index is 13.0. The topological polar surface area (TPSA) is 95.6 Å². The molecule has 35 heavy (non-hydrogen) atoms. The summed E-state index contributed by atoms with van der Waals surface area (Å²) in [6, 6.07) is 17.4. The van der Waals surface area contributed by atoms with Crippen LogP contribution in [0.5, 0.6) is 0 Å². The molecule has 0 aliphatic carbocycles. The molecule has 0 atom stereocenters. The van der Waals surface area contributed by atoms with Gasteiger partial charge in [-0.1, -0.05) is 53.0 Å². The highest BCUT2D eigenvalue weighted by Gasteiger charge is 2.40. The Morgan fingerprint density at radius 3 is 2.17 bits per heavy atom. The molecule has 0 saturated carbocycles. The number of rotatable bonds is 6. The predicted molar refractivity (Wildman–Crippen MR) is 136 cm³/mol. The number of anilines is 3. The monoisotopic (exact) mass is 527 g/mol. The zero-order valence-corrected chi connectivity index (χ0v) is 20.3. The minimum Gasteiger partial charge on any atom is -0.350 e. The number of hydrogen-bond acceptors (Lipinski definition) is 5. The van der Waals surface area contributed by atoms with Gasteiger partial charge in [0.05, 0.1) is 15.7 Å². The second kappa shape index (κ2) is 9.92. The van der Waals surface area contributed by atoms with Crippen LogP contribution in [0, 0.1) is 0 Å². The average molecular weight is 529 g/mol. The van der Waals surface area contributed by atoms with Crippen LogP contribution in [0.4, 0.5) is 17.1 Å². The largest absolute Gasteiger partial charge is 0.350 e. The Morgan fingerprint density at radius 2 is 1.49 bits per heavy atom. The minimum absolute atomic E-state index is 0.0470. The molecule has 2 N–H and O–H groups in total. The van der Waals surface area contributed by atoms with Crippen LogP contribution in [0.1, 0.15) is 27.6 Å². The first-order chi connectivity index (χ1) is 16.7. The van der Waals surface area contributed by atoms with Crippen molar-refractivity contribution in [2.24, 2.45) is 0 Å². The molecule has 1 aliphatic heterocycles. The zero-order chi connectivity index (χ0) is 25.3. The highest BCUT2D eigenvalue weighted by atomic mass is 35.5. The maximum Gasteiger partial charge on any atom is 0.283 e. The molecule has 3 aromatic rings. The van der Waals surface area contributed by atoms with Gasteiger partial charge in [0, 0.05) is 22.5 Å². The second-order valence-electron chi connectivity index (χ2n) is 7.50. The van der Waals surface area contributed by atoms with E-state index in [0.29, 0.717) is 22.5 Å². The van der Waals surface area contributed by atoms with Crippen LogP contribution in [-0.2, 0) is 9.59 Å². The molecule has 0 spiro atoms. The van der Waals surface area contributed by atoms with Gasteiger partial charge in [0.25, 0.3) is 17.7 Å². The number of carbonyl (C=O) groups is 4. The molecule has 1 aliphatic rings. The molecular weight excluding hydrogens is 513 g/mol. The Hall–Kier alpha value is -3.65. The molecule has 1 heterocycles. The molecule has 3 aromatic carbocycles. The fourth-order valence-corrected chi connectivity index (χ4v) is 3.96. The normalized spacial score (nSPS) is 13.3. The van der Waals surface area contributed by atoms with Gasteiger partial charge in [0.15, 0.2) is 5.78 Å². The van der Waals surface area contributed by atoms with Gasteiger partial charge in [-0.2, -0.15) is 0 Å². The summed E-state index contributed by atoms with van der Waals surface area (Å²) in [6.07, 6.45) is 0. The highest BCUT2D eigenvalue weighted by molar-refractivity contribution is 6.54. The standard InChI is InChI=1S/C25H16Cl3N3O4/c1-13(32)15-4-2-5-17(12-15)30-23(33)14-8-10-16(11-9-14)29-22-21(28)24(34)31(25(22)35)19-7-3-6-18(26)20(19)27/h2-12,29H,1H3,(H,30,33). The lowest BCUT2D eigenvalue weighted by Gasteiger charge is -2.17. The van der Waals surface area contributed by atoms with Crippen molar-refractivity contribution in [3.05, 3.63) is 98.6 Å². The minimum atomic E-state index is -0.743. The molecule has 0 fully saturated rings. The predicted octanol–water partition coefficient (Wildman–Crippen LogP) is 5.88. The molecule has 176 valence electrons. The second-order valence-corrected chi connectivity index (χ2v) is 8.66. The molecule has 7 nitrogen and oxygen atoms in total. The van der Waals surface area contributed by atoms with E-state index >= 15 is 0 Å². The van der Waals surface area contributed by atoms with Crippen molar-refractivity contribution in [2.75, 3.05) is 15.5 Å². The van der Waals surface area contributed by atoms with Crippen molar-refractivity contribution in [3.8, 4) is 0 Å². The molecule has 3 amide bonds. The number of nitrogens with one attached hydrogen (secondary N) is 2. The summed E-state index contributed by atoms with van der Waals surface area (Å²) >= 11 is 18.3. The van der Waals surface area contributed by atoms with E-state index in [9.17, 15) is 19.2 Å². The average Bonchev–Trinajstić information content (AvgIpc) is 3.04. The Balaban J connectivity index is 1.49. The third kappa shape index (κ3) is 4.93. The lowest BCUT2D eigenvalue weighted by Crippen LogP contribution is -2.32. The summed E-state index contributed by atoms with van der Waals surface area (Å²) in [6.45, 7) is 1.44. The molecule has 0 saturated heterocycles. The summed E-state index contributed by atoms with van der Waals surface area (Å²) in [5, 5.41) is 5.48. The van der Waals surface area contributed by atoms with Crippen LogP contribution in [0.15, 0.2) is 77.5 Å². The van der Waals surface area contributed by atoms with E-state index in [0.717, 1.165) is 4.90 Å². The van der Waals surface area contributed by atoms with Crippen LogP contribution < -0.4 is 15.5 Å². The number of nitrogens with zero attached hydrogens (tertiary/aromatic N) is 1. The van der Waals surface area contributed by atoms with Crippen LogP contribution in [-0.4, -0.2) is 23.5 Å². The summed E-state index contributed by atoms with van der Waals surface area (Å²) < 4.78 is 0. The van der Waals surface area contributed by atoms with Gasteiger partial charge in [-0.15, -0.1) is 0 Å². The first-order valence-corrected chi connectivity index (χ1v) is 11.3. The fourth-order valence-electron chi connectivity index (χ4n) is 3.36. The van der Waals surface area contributed by atoms with Crippen LogP contribution in [0.3, 0.4) is 0 Å². The van der Waals surface area contributed by atoms with Gasteiger partial charge in [-0.3, -0.25) is 19.2 Å². The van der Waals surface area contributed by atoms with Crippen molar-refractivity contribution in [1.29, 1.82) is 0 Å². The smallest absolute Gasteiger partial charge is 0.283 e. The van der Waals surface area contributed by atoms with E-state index in [1.807, 2.05) is 0 Å². The number of halogens is 3. The van der Waals surface area contributed by atoms with E-state index in [-0.39, 0.29) is 38.2 Å². The maximum atomic E-state index is 13.0. The zero-order valence-electron chi connectivity index (χ0n) is 18.1. The number of ketones is 1. The first kappa shape index (κ1) is 24.5. The van der Waals surface area contributed by atoms with Gasteiger partial charge in [-0.05, 0) is 55.5 Å². The van der Waals surface area contributed by atoms with Gasteiger partial charge in [0.2, 0.25) is 0 Å². The molecule has 0 unspecified atom stereocenters. The Labute approximate surface area is 215 Å². The van der Waals surface area contributed by atoms with E-state index in [1.165, 1.54) is 31.2 Å². The van der Waals surface area contributed by atoms with Crippen molar-refractivity contribution in [2.45, 2.75) is 6.92 Å². The van der Waals surface area contributed by atoms with E-state index in [1.54, 1.807) is 42.5 Å². The van der Waals surface area contributed by atoms with E-state index in [4.69, 9.17) is 34.8 Å². The summed E-state index contributed by atoms with van der Waals surface area (Å²) in [7, 11) is 0. The number of imide groups is 1. The van der Waals surface area contributed by atoms with E-state index in [2.05, 4.69) is 10.6 Å². The quantitative estimate of drug-likeness (QED) is 0.307. The fraction of sp³-hybridized carbons (Fsp3) is 0.0400. The van der Waals surface area contributed by atoms with Gasteiger partial charge in [0.1, 0.15) is 10.7 Å². The Bertz CT molecular complexity index is 1420. The molecule has 0 aromatic heterocycles. The Kier molecular flexibility index (Phi) is 6.93. The number of hydrogen-bond donors (Lipinski definition) is 2. The van der Waals surface area contributed by atoms with Crippen molar-refractivity contribution in [3.63, 3.8) is 0 Å². The number of amides is 3. The van der Waals surface area contributed by atoms with Crippen molar-refractivity contribution >= 4 is 75.4 Å². The van der Waals surface area contributed by atoms with Crippen LogP contribution in [0.25, 0.3) is 0 Å². The Morgan fingerprint density at radius 1 is 0.800 bits per heavy atom. The number of carbonyl (C=O) groups excluding carboxylic acids is 4. The number of benzene rings is 3. The molecule has 10 heteroatoms. The molecular formula is C25H16Cl3N3O4. The summed E-state index contributed by atoms with van der Waals surface area (Å²) in [5.41, 5.74) is 1.71. The number of Topliss-reactive ketones (excluding diaryl/α,β-unsaturated/α-hetero) is 1.